The molecule has 0 saturated carbocycles. The highest BCUT2D eigenvalue weighted by Crippen LogP contribution is 2.28. The van der Waals surface area contributed by atoms with E-state index in [1.54, 1.807) is 18.2 Å². The highest BCUT2D eigenvalue weighted by Gasteiger charge is 2.19. The lowest BCUT2D eigenvalue weighted by molar-refractivity contribution is 0.388. The number of benzene rings is 3. The summed E-state index contributed by atoms with van der Waals surface area (Å²) in [5.41, 5.74) is 4.06. The van der Waals surface area contributed by atoms with Crippen LogP contribution in [0.2, 0.25) is 0 Å². The van der Waals surface area contributed by atoms with E-state index in [0.29, 0.717) is 11.0 Å². The van der Waals surface area contributed by atoms with E-state index in [-0.39, 0.29) is 22.2 Å². The van der Waals surface area contributed by atoms with Crippen molar-refractivity contribution >= 4 is 60.0 Å². The van der Waals surface area contributed by atoms with Crippen LogP contribution < -0.4 is 15.5 Å². The first-order valence-corrected chi connectivity index (χ1v) is 11.0. The van der Waals surface area contributed by atoms with Gasteiger partial charge in [-0.3, -0.25) is 15.4 Å². The lowest BCUT2D eigenvalue weighted by Crippen LogP contribution is -2.16. The molecule has 10 heteroatoms. The molecule has 8 nitrogen and oxygen atoms in total. The van der Waals surface area contributed by atoms with Crippen molar-refractivity contribution in [2.75, 3.05) is 15.5 Å². The van der Waals surface area contributed by atoms with Crippen molar-refractivity contribution in [3.8, 4) is 0 Å². The minimum atomic E-state index is -3.99. The summed E-state index contributed by atoms with van der Waals surface area (Å²) >= 11 is 3.38. The van der Waals surface area contributed by atoms with Gasteiger partial charge in [-0.2, -0.15) is 0 Å². The molecule has 0 saturated heterocycles. The zero-order chi connectivity index (χ0) is 21.1. The van der Waals surface area contributed by atoms with Gasteiger partial charge < -0.3 is 5.32 Å². The fourth-order valence-electron chi connectivity index (χ4n) is 2.75. The highest BCUT2D eigenvalue weighted by atomic mass is 79.9. The minimum Gasteiger partial charge on any atom is -0.337 e. The van der Waals surface area contributed by atoms with Gasteiger partial charge in [0.25, 0.3) is 10.0 Å². The first-order valence-electron chi connectivity index (χ1n) is 8.77. The Hall–Kier alpha value is -3.21. The van der Waals surface area contributed by atoms with Crippen LogP contribution in [0.4, 0.5) is 23.0 Å². The largest absolute Gasteiger partial charge is 0.337 e. The standard InChI is InChI=1S/C20H16BrN5O3S/c21-13-8-10-14(11-9-13)22-19-20(24-18-7-2-1-6-17(18)23-19)26-30(28,29)16-5-3-4-15(12-16)25-27/h1-12,25,27H,(H,22,23)(H,24,26). The van der Waals surface area contributed by atoms with Crippen molar-refractivity contribution in [3.05, 3.63) is 77.3 Å². The summed E-state index contributed by atoms with van der Waals surface area (Å²) in [6.45, 7) is 0. The van der Waals surface area contributed by atoms with E-state index in [0.717, 1.165) is 10.2 Å². The zero-order valence-corrected chi connectivity index (χ0v) is 17.8. The third-order valence-corrected chi connectivity index (χ3v) is 6.05. The third kappa shape index (κ3) is 4.35. The topological polar surface area (TPSA) is 116 Å². The molecule has 1 aromatic heterocycles. The van der Waals surface area contributed by atoms with Crippen LogP contribution in [-0.2, 0) is 10.0 Å². The Balaban J connectivity index is 1.76. The lowest BCUT2D eigenvalue weighted by Gasteiger charge is -2.14. The molecule has 0 aliphatic rings. The van der Waals surface area contributed by atoms with Gasteiger partial charge in [0.2, 0.25) is 0 Å². The molecular formula is C20H16BrN5O3S. The van der Waals surface area contributed by atoms with Gasteiger partial charge >= 0.3 is 0 Å². The number of halogens is 1. The lowest BCUT2D eigenvalue weighted by atomic mass is 10.3. The molecule has 0 fully saturated rings. The van der Waals surface area contributed by atoms with E-state index in [1.165, 1.54) is 24.3 Å². The van der Waals surface area contributed by atoms with E-state index in [9.17, 15) is 8.42 Å². The summed E-state index contributed by atoms with van der Waals surface area (Å²) < 4.78 is 29.3. The molecule has 0 spiro atoms. The second kappa shape index (κ2) is 8.27. The first kappa shape index (κ1) is 20.1. The van der Waals surface area contributed by atoms with E-state index < -0.39 is 10.0 Å². The SMILES string of the molecule is O=S(=O)(Nc1nc2ccccc2nc1Nc1ccc(Br)cc1)c1cccc(NO)c1. The van der Waals surface area contributed by atoms with Crippen molar-refractivity contribution in [1.82, 2.24) is 9.97 Å². The predicted molar refractivity (Wildman–Crippen MR) is 120 cm³/mol. The Morgan fingerprint density at radius 2 is 1.47 bits per heavy atom. The molecule has 4 N–H and O–H groups in total. The summed E-state index contributed by atoms with van der Waals surface area (Å²) in [7, 11) is -3.99. The second-order valence-electron chi connectivity index (χ2n) is 6.29. The van der Waals surface area contributed by atoms with Crippen molar-refractivity contribution < 1.29 is 13.6 Å². The fraction of sp³-hybridized carbons (Fsp3) is 0. The summed E-state index contributed by atoms with van der Waals surface area (Å²) in [6, 6.07) is 20.3. The molecule has 0 radical (unpaired) electrons. The van der Waals surface area contributed by atoms with Crippen molar-refractivity contribution in [2.24, 2.45) is 0 Å². The Labute approximate surface area is 181 Å². The van der Waals surface area contributed by atoms with Crippen LogP contribution in [0, 0.1) is 0 Å². The van der Waals surface area contributed by atoms with Crippen LogP contribution in [0.1, 0.15) is 0 Å². The van der Waals surface area contributed by atoms with Gasteiger partial charge in [-0.25, -0.2) is 18.4 Å². The molecule has 4 rings (SSSR count). The highest BCUT2D eigenvalue weighted by molar-refractivity contribution is 9.10. The van der Waals surface area contributed by atoms with Crippen molar-refractivity contribution in [3.63, 3.8) is 0 Å². The molecule has 0 bridgehead atoms. The average molecular weight is 486 g/mol. The molecule has 1 heterocycles. The number of sulfonamides is 1. The molecular weight excluding hydrogens is 470 g/mol. The first-order chi connectivity index (χ1) is 14.4. The molecule has 0 amide bonds. The monoisotopic (exact) mass is 485 g/mol. The van der Waals surface area contributed by atoms with Crippen LogP contribution in [-0.4, -0.2) is 23.6 Å². The van der Waals surface area contributed by atoms with Crippen LogP contribution in [0.5, 0.6) is 0 Å². The number of hydrogen-bond acceptors (Lipinski definition) is 7. The van der Waals surface area contributed by atoms with Gasteiger partial charge in [0, 0.05) is 10.2 Å². The van der Waals surface area contributed by atoms with E-state index in [1.807, 2.05) is 35.8 Å². The Kier molecular flexibility index (Phi) is 5.53. The average Bonchev–Trinajstić information content (AvgIpc) is 2.75. The number of nitrogens with one attached hydrogen (secondary N) is 3. The number of fused-ring (bicyclic) bond motifs is 1. The summed E-state index contributed by atoms with van der Waals surface area (Å²) in [5, 5.41) is 12.2. The molecule has 0 atom stereocenters. The Morgan fingerprint density at radius 3 is 2.13 bits per heavy atom. The van der Waals surface area contributed by atoms with Gasteiger partial charge in [-0.1, -0.05) is 34.1 Å². The second-order valence-corrected chi connectivity index (χ2v) is 8.88. The number of para-hydroxylation sites is 2. The molecule has 3 aromatic carbocycles. The smallest absolute Gasteiger partial charge is 0.263 e. The molecule has 0 aliphatic heterocycles. The summed E-state index contributed by atoms with van der Waals surface area (Å²) in [6.07, 6.45) is 0. The quantitative estimate of drug-likeness (QED) is 0.291. The van der Waals surface area contributed by atoms with E-state index in [4.69, 9.17) is 5.21 Å². The normalized spacial score (nSPS) is 11.3. The number of hydrogen-bond donors (Lipinski definition) is 4. The molecule has 4 aromatic rings. The van der Waals surface area contributed by atoms with Crippen molar-refractivity contribution in [2.45, 2.75) is 4.90 Å². The summed E-state index contributed by atoms with van der Waals surface area (Å²) in [5.74, 6) is 0.315. The third-order valence-electron chi connectivity index (χ3n) is 4.18. The van der Waals surface area contributed by atoms with Crippen LogP contribution in [0.3, 0.4) is 0 Å². The number of anilines is 4. The maximum Gasteiger partial charge on any atom is 0.263 e. The molecule has 30 heavy (non-hydrogen) atoms. The number of aromatic nitrogens is 2. The van der Waals surface area contributed by atoms with Gasteiger partial charge in [-0.15, -0.1) is 0 Å². The van der Waals surface area contributed by atoms with E-state index >= 15 is 0 Å². The predicted octanol–water partition coefficient (Wildman–Crippen LogP) is 4.74. The number of rotatable bonds is 6. The number of nitrogens with zero attached hydrogens (tertiary/aromatic N) is 2. The maximum absolute atomic E-state index is 12.9. The molecule has 0 aliphatic carbocycles. The van der Waals surface area contributed by atoms with Crippen LogP contribution in [0.25, 0.3) is 11.0 Å². The van der Waals surface area contributed by atoms with Gasteiger partial charge in [0.15, 0.2) is 11.6 Å². The van der Waals surface area contributed by atoms with Gasteiger partial charge in [0.05, 0.1) is 21.6 Å². The Morgan fingerprint density at radius 1 is 0.800 bits per heavy atom. The van der Waals surface area contributed by atoms with Crippen LogP contribution >= 0.6 is 15.9 Å². The Bertz CT molecular complexity index is 1310. The van der Waals surface area contributed by atoms with Gasteiger partial charge in [0.1, 0.15) is 0 Å². The minimum absolute atomic E-state index is 0.0360. The van der Waals surface area contributed by atoms with Crippen LogP contribution in [0.15, 0.2) is 82.2 Å². The van der Waals surface area contributed by atoms with E-state index in [2.05, 4.69) is 35.9 Å². The summed E-state index contributed by atoms with van der Waals surface area (Å²) in [4.78, 5) is 8.96. The fourth-order valence-corrected chi connectivity index (χ4v) is 4.07. The van der Waals surface area contributed by atoms with Gasteiger partial charge in [-0.05, 0) is 54.6 Å². The zero-order valence-electron chi connectivity index (χ0n) is 15.4. The van der Waals surface area contributed by atoms with Crippen molar-refractivity contribution in [1.29, 1.82) is 0 Å². The molecule has 0 unspecified atom stereocenters. The maximum atomic E-state index is 12.9. The molecule has 152 valence electrons.